The highest BCUT2D eigenvalue weighted by molar-refractivity contribution is 5.99. The number of nitrogens with two attached hydrogens (primary N) is 1. The Bertz CT molecular complexity index is 925. The summed E-state index contributed by atoms with van der Waals surface area (Å²) in [5.41, 5.74) is 9.76. The fourth-order valence-electron chi connectivity index (χ4n) is 4.65. The average Bonchev–Trinajstić information content (AvgIpc) is 3.24. The Kier molecular flexibility index (Phi) is 6.35. The number of carbonyl (C=O) groups is 1. The zero-order valence-electron chi connectivity index (χ0n) is 17.4. The van der Waals surface area contributed by atoms with Crippen molar-refractivity contribution in [2.75, 3.05) is 25.4 Å². The van der Waals surface area contributed by atoms with Crippen molar-refractivity contribution in [2.24, 2.45) is 0 Å². The van der Waals surface area contributed by atoms with E-state index < -0.39 is 0 Å². The van der Waals surface area contributed by atoms with Gasteiger partial charge in [-0.15, -0.1) is 6.42 Å². The minimum absolute atomic E-state index is 0.120. The topological polar surface area (TPSA) is 71.2 Å². The second-order valence-electron chi connectivity index (χ2n) is 8.51. The largest absolute Gasteiger partial charge is 0.383 e. The van der Waals surface area contributed by atoms with Crippen molar-refractivity contribution in [1.82, 2.24) is 15.2 Å². The van der Waals surface area contributed by atoms with Crippen LogP contribution in [-0.4, -0.2) is 41.5 Å². The molecule has 156 valence electrons. The van der Waals surface area contributed by atoms with Gasteiger partial charge in [0.25, 0.3) is 5.91 Å². The van der Waals surface area contributed by atoms with Gasteiger partial charge in [-0.05, 0) is 48.9 Å². The van der Waals surface area contributed by atoms with Crippen LogP contribution in [0.4, 0.5) is 5.82 Å². The zero-order valence-corrected chi connectivity index (χ0v) is 17.4. The average molecular weight is 403 g/mol. The lowest BCUT2D eigenvalue weighted by atomic mass is 9.95. The molecule has 1 aromatic heterocycles. The standard InChI is InChI=1S/C25H30N4O/c1-2-13-29-14-12-20(17-29)18-8-10-19(11-9-18)21-15-23(24(26)27-16-21)25(30)28-22-6-4-3-5-7-22/h1,8-11,15-16,20,22H,3-7,12-14,17H2,(H2,26,27)(H,28,30)/t20-/m0/s1. The molecule has 30 heavy (non-hydrogen) atoms. The van der Waals surface area contributed by atoms with Gasteiger partial charge in [0, 0.05) is 24.3 Å². The van der Waals surface area contributed by atoms with E-state index in [0.29, 0.717) is 11.5 Å². The van der Waals surface area contributed by atoms with Crippen LogP contribution in [0, 0.1) is 12.3 Å². The number of nitrogens with one attached hydrogen (secondary N) is 1. The Balaban J connectivity index is 1.47. The minimum Gasteiger partial charge on any atom is -0.383 e. The molecule has 1 aromatic carbocycles. The van der Waals surface area contributed by atoms with Gasteiger partial charge in [-0.2, -0.15) is 0 Å². The summed E-state index contributed by atoms with van der Waals surface area (Å²) in [6.07, 6.45) is 14.0. The lowest BCUT2D eigenvalue weighted by molar-refractivity contribution is 0.0928. The van der Waals surface area contributed by atoms with Crippen LogP contribution < -0.4 is 11.1 Å². The summed E-state index contributed by atoms with van der Waals surface area (Å²) in [5, 5.41) is 3.14. The van der Waals surface area contributed by atoms with E-state index in [1.165, 1.54) is 24.8 Å². The molecule has 4 rings (SSSR count). The number of likely N-dealkylation sites (tertiary alicyclic amines) is 1. The summed E-state index contributed by atoms with van der Waals surface area (Å²) in [5.74, 6) is 3.42. The second kappa shape index (κ2) is 9.32. The summed E-state index contributed by atoms with van der Waals surface area (Å²) in [6.45, 7) is 2.79. The first-order valence-corrected chi connectivity index (χ1v) is 11.0. The maximum absolute atomic E-state index is 12.8. The quantitative estimate of drug-likeness (QED) is 0.746. The summed E-state index contributed by atoms with van der Waals surface area (Å²) in [4.78, 5) is 19.4. The van der Waals surface area contributed by atoms with Crippen molar-refractivity contribution in [3.8, 4) is 23.5 Å². The van der Waals surface area contributed by atoms with Gasteiger partial charge >= 0.3 is 0 Å². The lowest BCUT2D eigenvalue weighted by Gasteiger charge is -2.23. The van der Waals surface area contributed by atoms with Crippen molar-refractivity contribution in [2.45, 2.75) is 50.5 Å². The molecule has 2 aliphatic rings. The molecule has 2 fully saturated rings. The van der Waals surface area contributed by atoms with Crippen molar-refractivity contribution < 1.29 is 4.79 Å². The van der Waals surface area contributed by atoms with Gasteiger partial charge in [0.2, 0.25) is 0 Å². The second-order valence-corrected chi connectivity index (χ2v) is 8.51. The van der Waals surface area contributed by atoms with Crippen molar-refractivity contribution >= 4 is 11.7 Å². The molecule has 0 unspecified atom stereocenters. The van der Waals surface area contributed by atoms with Gasteiger partial charge in [-0.1, -0.05) is 49.4 Å². The number of nitrogens with zero attached hydrogens (tertiary/aromatic N) is 2. The maximum atomic E-state index is 12.8. The molecule has 0 radical (unpaired) electrons. The Morgan fingerprint density at radius 1 is 1.17 bits per heavy atom. The highest BCUT2D eigenvalue weighted by atomic mass is 16.1. The zero-order chi connectivity index (χ0) is 20.9. The highest BCUT2D eigenvalue weighted by Gasteiger charge is 2.23. The summed E-state index contributed by atoms with van der Waals surface area (Å²) in [6, 6.07) is 10.7. The first-order valence-electron chi connectivity index (χ1n) is 11.0. The van der Waals surface area contributed by atoms with Gasteiger partial charge in [-0.25, -0.2) is 4.98 Å². The molecule has 1 saturated carbocycles. The van der Waals surface area contributed by atoms with Gasteiger partial charge in [0.15, 0.2) is 0 Å². The van der Waals surface area contributed by atoms with Gasteiger partial charge in [0.1, 0.15) is 5.82 Å². The Labute approximate surface area is 179 Å². The molecule has 5 nitrogen and oxygen atoms in total. The Morgan fingerprint density at radius 3 is 2.67 bits per heavy atom. The molecule has 2 heterocycles. The van der Waals surface area contributed by atoms with E-state index in [0.717, 1.165) is 50.0 Å². The monoisotopic (exact) mass is 402 g/mol. The molecule has 2 aromatic rings. The Hall–Kier alpha value is -2.84. The number of nitrogen functional groups attached to an aromatic ring is 1. The highest BCUT2D eigenvalue weighted by Crippen LogP contribution is 2.29. The number of hydrogen-bond donors (Lipinski definition) is 2. The molecule has 1 atom stereocenters. The van der Waals surface area contributed by atoms with Crippen LogP contribution in [-0.2, 0) is 0 Å². The van der Waals surface area contributed by atoms with E-state index in [-0.39, 0.29) is 17.8 Å². The van der Waals surface area contributed by atoms with E-state index in [1.54, 1.807) is 6.20 Å². The van der Waals surface area contributed by atoms with Crippen molar-refractivity contribution in [3.05, 3.63) is 47.7 Å². The normalized spacial score (nSPS) is 20.0. The molecular formula is C25H30N4O. The molecule has 0 bridgehead atoms. The molecule has 0 spiro atoms. The van der Waals surface area contributed by atoms with Crippen molar-refractivity contribution in [1.29, 1.82) is 0 Å². The first kappa shape index (κ1) is 20.4. The number of terminal acetylenes is 1. The van der Waals surface area contributed by atoms with Crippen LogP contribution in [0.25, 0.3) is 11.1 Å². The van der Waals surface area contributed by atoms with Gasteiger partial charge in [0.05, 0.1) is 12.1 Å². The molecule has 5 heteroatoms. The summed E-state index contributed by atoms with van der Waals surface area (Å²) in [7, 11) is 0. The summed E-state index contributed by atoms with van der Waals surface area (Å²) >= 11 is 0. The predicted octanol–water partition coefficient (Wildman–Crippen LogP) is 3.82. The molecular weight excluding hydrogens is 372 g/mol. The number of anilines is 1. The molecule has 3 N–H and O–H groups in total. The third kappa shape index (κ3) is 4.66. The molecule has 1 aliphatic carbocycles. The van der Waals surface area contributed by atoms with Crippen LogP contribution in [0.5, 0.6) is 0 Å². The predicted molar refractivity (Wildman–Crippen MR) is 121 cm³/mol. The van der Waals surface area contributed by atoms with E-state index in [2.05, 4.69) is 45.4 Å². The maximum Gasteiger partial charge on any atom is 0.255 e. The SMILES string of the molecule is C#CCN1CC[C@H](c2ccc(-c3cnc(N)c(C(=O)NC4CCCCC4)c3)cc2)C1. The number of pyridine rings is 1. The molecule has 1 saturated heterocycles. The Morgan fingerprint density at radius 2 is 1.93 bits per heavy atom. The van der Waals surface area contributed by atoms with Gasteiger partial charge in [-0.3, -0.25) is 9.69 Å². The van der Waals surface area contributed by atoms with Crippen LogP contribution in [0.2, 0.25) is 0 Å². The lowest BCUT2D eigenvalue weighted by Crippen LogP contribution is -2.36. The molecule has 1 aliphatic heterocycles. The van der Waals surface area contributed by atoms with E-state index >= 15 is 0 Å². The third-order valence-corrected chi connectivity index (χ3v) is 6.41. The fraction of sp³-hybridized carbons (Fsp3) is 0.440. The number of carbonyl (C=O) groups excluding carboxylic acids is 1. The van der Waals surface area contributed by atoms with Crippen LogP contribution in [0.15, 0.2) is 36.5 Å². The van der Waals surface area contributed by atoms with E-state index in [4.69, 9.17) is 12.2 Å². The van der Waals surface area contributed by atoms with Crippen LogP contribution in [0.1, 0.15) is 60.4 Å². The molecule has 1 amide bonds. The van der Waals surface area contributed by atoms with Crippen LogP contribution in [0.3, 0.4) is 0 Å². The van der Waals surface area contributed by atoms with Crippen molar-refractivity contribution in [3.63, 3.8) is 0 Å². The van der Waals surface area contributed by atoms with Gasteiger partial charge < -0.3 is 11.1 Å². The fourth-order valence-corrected chi connectivity index (χ4v) is 4.65. The van der Waals surface area contributed by atoms with Crippen LogP contribution >= 0.6 is 0 Å². The van der Waals surface area contributed by atoms with E-state index in [1.807, 2.05) is 6.07 Å². The first-order chi connectivity index (χ1) is 14.6. The van der Waals surface area contributed by atoms with E-state index in [9.17, 15) is 4.79 Å². The number of rotatable bonds is 5. The number of benzene rings is 1. The third-order valence-electron chi connectivity index (χ3n) is 6.41. The number of amides is 1. The minimum atomic E-state index is -0.120. The number of hydrogen-bond acceptors (Lipinski definition) is 4. The number of aromatic nitrogens is 1. The smallest absolute Gasteiger partial charge is 0.255 e. The summed E-state index contributed by atoms with van der Waals surface area (Å²) < 4.78 is 0.